The summed E-state index contributed by atoms with van der Waals surface area (Å²) in [4.78, 5) is 4.93. The summed E-state index contributed by atoms with van der Waals surface area (Å²) in [5.41, 5.74) is 0. The number of piperidine rings is 1. The second kappa shape index (κ2) is 8.90. The monoisotopic (exact) mass is 241 g/mol. The number of rotatable bonds is 8. The molecule has 1 unspecified atom stereocenters. The van der Waals surface area contributed by atoms with Gasteiger partial charge in [0.1, 0.15) is 0 Å². The molecule has 0 saturated carbocycles. The summed E-state index contributed by atoms with van der Waals surface area (Å²) in [6.45, 7) is 8.26. The van der Waals surface area contributed by atoms with E-state index in [0.717, 1.165) is 25.7 Å². The third-order valence-electron chi connectivity index (χ3n) is 3.68. The second-order valence-electron chi connectivity index (χ2n) is 5.53. The highest BCUT2D eigenvalue weighted by molar-refractivity contribution is 4.76. The van der Waals surface area contributed by atoms with Crippen molar-refractivity contribution < 1.29 is 0 Å². The van der Waals surface area contributed by atoms with Gasteiger partial charge in [0.05, 0.1) is 0 Å². The van der Waals surface area contributed by atoms with E-state index in [1.165, 1.54) is 45.2 Å². The Morgan fingerprint density at radius 3 is 2.76 bits per heavy atom. The zero-order valence-electron chi connectivity index (χ0n) is 12.0. The summed E-state index contributed by atoms with van der Waals surface area (Å²) in [6, 6.07) is 0.865. The van der Waals surface area contributed by atoms with Crippen LogP contribution >= 0.6 is 0 Å². The lowest BCUT2D eigenvalue weighted by Crippen LogP contribution is -2.43. The lowest BCUT2D eigenvalue weighted by molar-refractivity contribution is 0.140. The van der Waals surface area contributed by atoms with E-state index in [-0.39, 0.29) is 0 Å². The summed E-state index contributed by atoms with van der Waals surface area (Å²) in [5.74, 6) is 0. The molecule has 1 fully saturated rings. The quantitative estimate of drug-likeness (QED) is 0.654. The molecule has 0 aliphatic carbocycles. The molecule has 0 radical (unpaired) electrons. The van der Waals surface area contributed by atoms with Crippen molar-refractivity contribution in [3.63, 3.8) is 0 Å². The second-order valence-corrected chi connectivity index (χ2v) is 5.53. The van der Waals surface area contributed by atoms with E-state index < -0.39 is 0 Å². The molecule has 1 heterocycles. The van der Waals surface area contributed by atoms with Crippen LogP contribution in [0.3, 0.4) is 0 Å². The Morgan fingerprint density at radius 1 is 1.24 bits per heavy atom. The van der Waals surface area contributed by atoms with Gasteiger partial charge in [0.25, 0.3) is 0 Å². The first-order valence-corrected chi connectivity index (χ1v) is 7.33. The standard InChI is InChI=1S/C14H31N3/c1-4-7-14-8-5-6-11-17(14)13-10-15-9-12-16(2)3/h14-15H,4-13H2,1-3H3. The maximum absolute atomic E-state index is 3.54. The molecule has 1 N–H and O–H groups in total. The van der Waals surface area contributed by atoms with Gasteiger partial charge in [0.15, 0.2) is 0 Å². The van der Waals surface area contributed by atoms with Gasteiger partial charge in [-0.15, -0.1) is 0 Å². The van der Waals surface area contributed by atoms with Gasteiger partial charge in [-0.1, -0.05) is 19.8 Å². The lowest BCUT2D eigenvalue weighted by Gasteiger charge is -2.35. The summed E-state index contributed by atoms with van der Waals surface area (Å²) >= 11 is 0. The van der Waals surface area contributed by atoms with Crippen molar-refractivity contribution in [1.29, 1.82) is 0 Å². The maximum atomic E-state index is 3.54. The molecule has 1 saturated heterocycles. The van der Waals surface area contributed by atoms with Crippen molar-refractivity contribution in [3.8, 4) is 0 Å². The van der Waals surface area contributed by atoms with Crippen LogP contribution in [-0.2, 0) is 0 Å². The minimum atomic E-state index is 0.865. The molecular formula is C14H31N3. The van der Waals surface area contributed by atoms with E-state index >= 15 is 0 Å². The smallest absolute Gasteiger partial charge is 0.0110 e. The first-order valence-electron chi connectivity index (χ1n) is 7.33. The van der Waals surface area contributed by atoms with E-state index in [2.05, 4.69) is 36.1 Å². The van der Waals surface area contributed by atoms with Gasteiger partial charge in [0, 0.05) is 32.2 Å². The van der Waals surface area contributed by atoms with Gasteiger partial charge in [-0.3, -0.25) is 4.90 Å². The van der Waals surface area contributed by atoms with Gasteiger partial charge in [-0.2, -0.15) is 0 Å². The Bertz CT molecular complexity index is 180. The van der Waals surface area contributed by atoms with Gasteiger partial charge >= 0.3 is 0 Å². The molecule has 1 aliphatic rings. The van der Waals surface area contributed by atoms with Crippen LogP contribution in [0, 0.1) is 0 Å². The molecule has 0 bridgehead atoms. The highest BCUT2D eigenvalue weighted by atomic mass is 15.2. The Balaban J connectivity index is 2.10. The topological polar surface area (TPSA) is 18.5 Å². The van der Waals surface area contributed by atoms with Crippen LogP contribution in [0.15, 0.2) is 0 Å². The first-order chi connectivity index (χ1) is 8.24. The molecular weight excluding hydrogens is 210 g/mol. The third-order valence-corrected chi connectivity index (χ3v) is 3.68. The largest absolute Gasteiger partial charge is 0.314 e. The van der Waals surface area contributed by atoms with E-state index in [1.807, 2.05) is 0 Å². The number of hydrogen-bond donors (Lipinski definition) is 1. The summed E-state index contributed by atoms with van der Waals surface area (Å²) in [5, 5.41) is 3.54. The SMILES string of the molecule is CCCC1CCCCN1CCNCCN(C)C. The average molecular weight is 241 g/mol. The Kier molecular flexibility index (Phi) is 7.82. The maximum Gasteiger partial charge on any atom is 0.0110 e. The van der Waals surface area contributed by atoms with Gasteiger partial charge in [0.2, 0.25) is 0 Å². The number of nitrogens with zero attached hydrogens (tertiary/aromatic N) is 2. The predicted molar refractivity (Wildman–Crippen MR) is 75.5 cm³/mol. The Morgan fingerprint density at radius 2 is 2.06 bits per heavy atom. The first kappa shape index (κ1) is 14.9. The van der Waals surface area contributed by atoms with Crippen LogP contribution in [-0.4, -0.2) is 62.7 Å². The Hall–Kier alpha value is -0.120. The average Bonchev–Trinajstić information content (AvgIpc) is 2.31. The zero-order chi connectivity index (χ0) is 12.5. The number of likely N-dealkylation sites (tertiary alicyclic amines) is 1. The molecule has 0 aromatic heterocycles. The molecule has 17 heavy (non-hydrogen) atoms. The van der Waals surface area contributed by atoms with Gasteiger partial charge < -0.3 is 10.2 Å². The fourth-order valence-corrected chi connectivity index (χ4v) is 2.66. The van der Waals surface area contributed by atoms with Crippen molar-refractivity contribution in [2.45, 2.75) is 45.1 Å². The molecule has 0 aromatic rings. The van der Waals surface area contributed by atoms with Crippen LogP contribution < -0.4 is 5.32 Å². The normalized spacial score (nSPS) is 22.2. The molecule has 3 nitrogen and oxygen atoms in total. The van der Waals surface area contributed by atoms with Gasteiger partial charge in [-0.05, 0) is 39.9 Å². The lowest BCUT2D eigenvalue weighted by atomic mass is 9.98. The highest BCUT2D eigenvalue weighted by Crippen LogP contribution is 2.19. The van der Waals surface area contributed by atoms with Crippen LogP contribution in [0.4, 0.5) is 0 Å². The van der Waals surface area contributed by atoms with Crippen LogP contribution in [0.25, 0.3) is 0 Å². The summed E-state index contributed by atoms with van der Waals surface area (Å²) < 4.78 is 0. The zero-order valence-corrected chi connectivity index (χ0v) is 12.0. The van der Waals surface area contributed by atoms with Crippen molar-refractivity contribution >= 4 is 0 Å². The van der Waals surface area contributed by atoms with Crippen LogP contribution in [0.2, 0.25) is 0 Å². The third kappa shape index (κ3) is 6.39. The van der Waals surface area contributed by atoms with Gasteiger partial charge in [-0.25, -0.2) is 0 Å². The molecule has 0 aromatic carbocycles. The molecule has 0 spiro atoms. The van der Waals surface area contributed by atoms with E-state index in [0.29, 0.717) is 0 Å². The minimum Gasteiger partial charge on any atom is -0.314 e. The van der Waals surface area contributed by atoms with Crippen molar-refractivity contribution in [1.82, 2.24) is 15.1 Å². The van der Waals surface area contributed by atoms with E-state index in [4.69, 9.17) is 0 Å². The fraction of sp³-hybridized carbons (Fsp3) is 1.00. The molecule has 1 rings (SSSR count). The fourth-order valence-electron chi connectivity index (χ4n) is 2.66. The number of likely N-dealkylation sites (N-methyl/N-ethyl adjacent to an activating group) is 1. The van der Waals surface area contributed by atoms with E-state index in [1.54, 1.807) is 0 Å². The highest BCUT2D eigenvalue weighted by Gasteiger charge is 2.20. The molecule has 0 amide bonds. The molecule has 3 heteroatoms. The van der Waals surface area contributed by atoms with Crippen molar-refractivity contribution in [3.05, 3.63) is 0 Å². The molecule has 102 valence electrons. The van der Waals surface area contributed by atoms with E-state index in [9.17, 15) is 0 Å². The molecule has 1 aliphatic heterocycles. The number of hydrogen-bond acceptors (Lipinski definition) is 3. The van der Waals surface area contributed by atoms with Crippen LogP contribution in [0.1, 0.15) is 39.0 Å². The number of nitrogens with one attached hydrogen (secondary N) is 1. The Labute approximate surface area is 108 Å². The van der Waals surface area contributed by atoms with Crippen molar-refractivity contribution in [2.75, 3.05) is 46.8 Å². The summed E-state index contributed by atoms with van der Waals surface area (Å²) in [7, 11) is 4.26. The minimum absolute atomic E-state index is 0.865. The predicted octanol–water partition coefficient (Wildman–Crippen LogP) is 1.79. The van der Waals surface area contributed by atoms with Crippen LogP contribution in [0.5, 0.6) is 0 Å². The summed E-state index contributed by atoms with van der Waals surface area (Å²) in [6.07, 6.45) is 6.98. The van der Waals surface area contributed by atoms with Crippen molar-refractivity contribution in [2.24, 2.45) is 0 Å². The molecule has 1 atom stereocenters.